The average Bonchev–Trinajstić information content (AvgIpc) is 3.26. The van der Waals surface area contributed by atoms with Crippen molar-refractivity contribution in [3.63, 3.8) is 0 Å². The first-order valence-corrected chi connectivity index (χ1v) is 14.7. The molecule has 8 nitrogen and oxygen atoms in total. The average molecular weight is 549 g/mol. The van der Waals surface area contributed by atoms with Crippen LogP contribution in [0.25, 0.3) is 0 Å². The van der Waals surface area contributed by atoms with Crippen molar-refractivity contribution in [3.8, 4) is 23.3 Å². The fourth-order valence-corrected chi connectivity index (χ4v) is 5.96. The van der Waals surface area contributed by atoms with E-state index in [1.165, 1.54) is 19.3 Å². The predicted octanol–water partition coefficient (Wildman–Crippen LogP) is 5.91. The van der Waals surface area contributed by atoms with Crippen LogP contribution in [0.1, 0.15) is 75.5 Å². The Hall–Kier alpha value is -3.44. The van der Waals surface area contributed by atoms with Gasteiger partial charge in [0.1, 0.15) is 11.9 Å². The Labute approximate surface area is 239 Å². The van der Waals surface area contributed by atoms with Gasteiger partial charge in [-0.15, -0.1) is 0 Å². The molecule has 3 unspecified atom stereocenters. The molecular formula is C32H44N4O4. The van der Waals surface area contributed by atoms with Gasteiger partial charge in [-0.1, -0.05) is 38.3 Å². The number of fused-ring (bicyclic) bond motifs is 2. The maximum atomic E-state index is 12.9. The minimum Gasteiger partial charge on any atom is -0.493 e. The van der Waals surface area contributed by atoms with Gasteiger partial charge in [0.25, 0.3) is 0 Å². The van der Waals surface area contributed by atoms with Gasteiger partial charge in [0, 0.05) is 37.8 Å². The van der Waals surface area contributed by atoms with Crippen molar-refractivity contribution < 1.29 is 19.0 Å². The van der Waals surface area contributed by atoms with E-state index in [2.05, 4.69) is 28.1 Å². The second kappa shape index (κ2) is 14.8. The molecule has 8 heteroatoms. The van der Waals surface area contributed by atoms with E-state index in [1.54, 1.807) is 14.2 Å². The quantitative estimate of drug-likeness (QED) is 0.295. The summed E-state index contributed by atoms with van der Waals surface area (Å²) in [4.78, 5) is 17.5. The number of rotatable bonds is 14. The summed E-state index contributed by atoms with van der Waals surface area (Å²) in [5, 5.41) is 12.4. The van der Waals surface area contributed by atoms with Gasteiger partial charge in [-0.05, 0) is 68.5 Å². The lowest BCUT2D eigenvalue weighted by molar-refractivity contribution is 0.0841. The highest BCUT2D eigenvalue weighted by Gasteiger charge is 2.42. The highest BCUT2D eigenvalue weighted by molar-refractivity contribution is 5.75. The fourth-order valence-electron chi connectivity index (χ4n) is 5.96. The molecule has 0 aromatic heterocycles. The van der Waals surface area contributed by atoms with Crippen molar-refractivity contribution in [3.05, 3.63) is 53.6 Å². The first-order valence-electron chi connectivity index (χ1n) is 14.7. The first-order chi connectivity index (χ1) is 19.6. The van der Waals surface area contributed by atoms with Crippen molar-refractivity contribution in [2.75, 3.05) is 40.4 Å². The molecule has 0 saturated carbocycles. The van der Waals surface area contributed by atoms with Crippen LogP contribution in [0.2, 0.25) is 0 Å². The Morgan fingerprint density at radius 2 is 1.73 bits per heavy atom. The molecule has 0 spiro atoms. The number of amides is 2. The number of likely N-dealkylation sites (tertiary alicyclic amines) is 1. The number of nitriles is 1. The molecule has 2 saturated heterocycles. The number of hydrogen-bond acceptors (Lipinski definition) is 6. The summed E-state index contributed by atoms with van der Waals surface area (Å²) in [5.74, 6) is 1.99. The number of methoxy groups -OCH3 is 2. The van der Waals surface area contributed by atoms with Crippen molar-refractivity contribution in [1.29, 1.82) is 5.26 Å². The van der Waals surface area contributed by atoms with Gasteiger partial charge >= 0.3 is 6.03 Å². The van der Waals surface area contributed by atoms with Crippen LogP contribution < -0.4 is 19.5 Å². The number of carbonyl (C=O) groups excluding carboxylic acids is 1. The number of carbonyl (C=O) groups is 1. The molecule has 2 amide bonds. The zero-order chi connectivity index (χ0) is 28.3. The summed E-state index contributed by atoms with van der Waals surface area (Å²) in [6.45, 7) is 5.79. The molecule has 4 rings (SSSR count). The van der Waals surface area contributed by atoms with E-state index in [-0.39, 0.29) is 12.1 Å². The lowest BCUT2D eigenvalue weighted by Crippen LogP contribution is -2.58. The maximum Gasteiger partial charge on any atom is 0.317 e. The molecule has 0 aliphatic carbocycles. The summed E-state index contributed by atoms with van der Waals surface area (Å²) >= 11 is 0. The molecule has 1 N–H and O–H groups in total. The number of unbranched alkanes of at least 4 members (excludes halogenated alkanes) is 3. The number of ether oxygens (including phenoxy) is 3. The zero-order valence-corrected chi connectivity index (χ0v) is 24.2. The molecule has 2 aromatic rings. The van der Waals surface area contributed by atoms with Crippen LogP contribution in [-0.4, -0.2) is 68.3 Å². The molecule has 2 bridgehead atoms. The Kier molecular flexibility index (Phi) is 10.9. The lowest BCUT2D eigenvalue weighted by Gasteiger charge is -2.41. The van der Waals surface area contributed by atoms with E-state index in [4.69, 9.17) is 14.2 Å². The maximum absolute atomic E-state index is 12.9. The monoisotopic (exact) mass is 548 g/mol. The normalized spacial score (nSPS) is 19.1. The molecule has 2 aromatic carbocycles. The highest BCUT2D eigenvalue weighted by Crippen LogP contribution is 2.35. The Balaban J connectivity index is 1.33. The third-order valence-corrected chi connectivity index (χ3v) is 8.08. The molecule has 40 heavy (non-hydrogen) atoms. The summed E-state index contributed by atoms with van der Waals surface area (Å²) in [5.41, 5.74) is 1.67. The summed E-state index contributed by atoms with van der Waals surface area (Å²) in [6, 6.07) is 16.1. The smallest absolute Gasteiger partial charge is 0.317 e. The largest absolute Gasteiger partial charge is 0.493 e. The molecular weight excluding hydrogens is 504 g/mol. The fraction of sp³-hybridized carbons (Fsp3) is 0.562. The topological polar surface area (TPSA) is 87.1 Å². The van der Waals surface area contributed by atoms with E-state index in [0.29, 0.717) is 34.9 Å². The second-order valence-electron chi connectivity index (χ2n) is 10.8. The van der Waals surface area contributed by atoms with Crippen LogP contribution in [0.4, 0.5) is 4.79 Å². The number of nitrogens with zero attached hydrogens (tertiary/aromatic N) is 3. The first kappa shape index (κ1) is 29.5. The van der Waals surface area contributed by atoms with Crippen molar-refractivity contribution >= 4 is 6.03 Å². The van der Waals surface area contributed by atoms with Crippen molar-refractivity contribution in [1.82, 2.24) is 15.1 Å². The highest BCUT2D eigenvalue weighted by atomic mass is 16.5. The van der Waals surface area contributed by atoms with Gasteiger partial charge in [-0.3, -0.25) is 4.90 Å². The van der Waals surface area contributed by atoms with Crippen LogP contribution in [0.5, 0.6) is 17.2 Å². The minimum absolute atomic E-state index is 0.118. The molecule has 2 heterocycles. The van der Waals surface area contributed by atoms with Crippen LogP contribution in [0.3, 0.4) is 0 Å². The van der Waals surface area contributed by atoms with Crippen LogP contribution in [0.15, 0.2) is 42.5 Å². The zero-order valence-electron chi connectivity index (χ0n) is 24.2. The summed E-state index contributed by atoms with van der Waals surface area (Å²) < 4.78 is 17.3. The van der Waals surface area contributed by atoms with E-state index >= 15 is 0 Å². The molecule has 0 radical (unpaired) electrons. The molecule has 2 aliphatic rings. The Bertz CT molecular complexity index is 1120. The van der Waals surface area contributed by atoms with Crippen LogP contribution in [-0.2, 0) is 0 Å². The Morgan fingerprint density at radius 1 is 1.00 bits per heavy atom. The van der Waals surface area contributed by atoms with Gasteiger partial charge < -0.3 is 24.4 Å². The van der Waals surface area contributed by atoms with Gasteiger partial charge in [0.05, 0.1) is 25.9 Å². The molecule has 216 valence electrons. The summed E-state index contributed by atoms with van der Waals surface area (Å²) in [7, 11) is 3.23. The molecule has 3 atom stereocenters. The van der Waals surface area contributed by atoms with Gasteiger partial charge in [-0.2, -0.15) is 5.26 Å². The number of hydrogen-bond donors (Lipinski definition) is 1. The van der Waals surface area contributed by atoms with Crippen molar-refractivity contribution in [2.45, 2.75) is 76.5 Å². The third-order valence-electron chi connectivity index (χ3n) is 8.08. The van der Waals surface area contributed by atoms with E-state index < -0.39 is 0 Å². The number of nitrogens with one attached hydrogen (secondary N) is 1. The van der Waals surface area contributed by atoms with Gasteiger partial charge in [0.15, 0.2) is 11.5 Å². The van der Waals surface area contributed by atoms with Crippen molar-refractivity contribution in [2.24, 2.45) is 0 Å². The summed E-state index contributed by atoms with van der Waals surface area (Å²) in [6.07, 6.45) is 8.46. The molecule has 2 aliphatic heterocycles. The van der Waals surface area contributed by atoms with E-state index in [9.17, 15) is 10.1 Å². The van der Waals surface area contributed by atoms with Crippen LogP contribution >= 0.6 is 0 Å². The number of benzene rings is 2. The lowest BCUT2D eigenvalue weighted by atomic mass is 10.0. The standard InChI is InChI=1S/C32H44N4O4/c1-4-5-6-7-18-34-32(37)36-26-14-15-27(36)23-35(22-26)19-8-9-29(25-12-10-24(21-33)11-13-25)40-28-16-17-30(38-2)31(20-28)39-3/h10-13,16-17,20,26-27,29H,4-9,14-15,18-19,22-23H2,1-3H3,(H,34,37). The van der Waals surface area contributed by atoms with Gasteiger partial charge in [-0.25, -0.2) is 4.79 Å². The number of piperazine rings is 1. The SMILES string of the molecule is CCCCCCNC(=O)N1C2CCC1CN(CCCC(Oc1ccc(OC)c(OC)c1)c1ccc(C#N)cc1)C2. The van der Waals surface area contributed by atoms with E-state index in [1.807, 2.05) is 42.5 Å². The number of urea groups is 1. The van der Waals surface area contributed by atoms with E-state index in [0.717, 1.165) is 63.8 Å². The third kappa shape index (κ3) is 7.60. The van der Waals surface area contributed by atoms with Gasteiger partial charge in [0.2, 0.25) is 0 Å². The minimum atomic E-state index is -0.164. The molecule has 2 fully saturated rings. The Morgan fingerprint density at radius 3 is 2.38 bits per heavy atom. The predicted molar refractivity (Wildman–Crippen MR) is 156 cm³/mol. The second-order valence-corrected chi connectivity index (χ2v) is 10.8. The van der Waals surface area contributed by atoms with Crippen LogP contribution in [0, 0.1) is 11.3 Å².